The molecule has 1 atom stereocenters. The molecule has 1 saturated heterocycles. The maximum absolute atomic E-state index is 11.5. The smallest absolute Gasteiger partial charge is 0.390 e. The summed E-state index contributed by atoms with van der Waals surface area (Å²) in [6.45, 7) is 1.22. The maximum Gasteiger partial charge on any atom is 0.492 e. The van der Waals surface area contributed by atoms with E-state index in [1.165, 1.54) is 0 Å². The van der Waals surface area contributed by atoms with E-state index in [9.17, 15) is 4.79 Å². The van der Waals surface area contributed by atoms with Gasteiger partial charge >= 0.3 is 8.80 Å². The number of hydrogen-bond donors (Lipinski definition) is 3. The van der Waals surface area contributed by atoms with E-state index in [-0.39, 0.29) is 17.9 Å². The molecule has 1 amide bonds. The van der Waals surface area contributed by atoms with Gasteiger partial charge in [0.05, 0.1) is 0 Å². The van der Waals surface area contributed by atoms with Gasteiger partial charge in [-0.15, -0.1) is 0 Å². The van der Waals surface area contributed by atoms with Gasteiger partial charge < -0.3 is 19.3 Å². The van der Waals surface area contributed by atoms with Crippen molar-refractivity contribution in [3.63, 3.8) is 0 Å². The van der Waals surface area contributed by atoms with Crippen LogP contribution < -0.4 is 0 Å². The van der Waals surface area contributed by atoms with E-state index in [2.05, 4.69) is 10.0 Å². The van der Waals surface area contributed by atoms with Gasteiger partial charge in [-0.05, 0) is 17.9 Å². The molecular weight excluding hydrogens is 244 g/mol. The summed E-state index contributed by atoms with van der Waals surface area (Å²) in [6.07, 6.45) is 0.717. The number of amides is 1. The summed E-state index contributed by atoms with van der Waals surface area (Å²) in [7, 11) is -3.99. The summed E-state index contributed by atoms with van der Waals surface area (Å²) in [6, 6.07) is -0.0716. The highest BCUT2D eigenvalue weighted by molar-refractivity contribution is 6.56. The van der Waals surface area contributed by atoms with Crippen molar-refractivity contribution in [3.8, 4) is 0 Å². The Morgan fingerprint density at radius 1 is 1.53 bits per heavy atom. The van der Waals surface area contributed by atoms with E-state index < -0.39 is 8.80 Å². The van der Waals surface area contributed by atoms with Gasteiger partial charge in [0.1, 0.15) is 0 Å². The van der Waals surface area contributed by atoms with Gasteiger partial charge in [-0.1, -0.05) is 5.11 Å². The van der Waals surface area contributed by atoms with Gasteiger partial charge in [0, 0.05) is 37.0 Å². The van der Waals surface area contributed by atoms with Crippen LogP contribution >= 0.6 is 0 Å². The lowest BCUT2D eigenvalue weighted by Gasteiger charge is -2.17. The first-order chi connectivity index (χ1) is 7.92. The molecule has 1 aliphatic heterocycles. The molecule has 0 aromatic heterocycles. The lowest BCUT2D eigenvalue weighted by molar-refractivity contribution is -0.127. The maximum atomic E-state index is 11.5. The van der Waals surface area contributed by atoms with E-state index in [0.29, 0.717) is 32.5 Å². The molecule has 3 N–H and O–H groups in total. The van der Waals surface area contributed by atoms with E-state index in [4.69, 9.17) is 19.9 Å². The lowest BCUT2D eigenvalue weighted by atomic mass is 10.1. The monoisotopic (exact) mass is 260 g/mol. The minimum atomic E-state index is -3.99. The Labute approximate surface area is 99.5 Å². The predicted molar refractivity (Wildman–Crippen MR) is 60.5 cm³/mol. The second kappa shape index (κ2) is 5.99. The molecule has 8 nitrogen and oxygen atoms in total. The lowest BCUT2D eigenvalue weighted by Crippen LogP contribution is -2.36. The standard InChI is InChI=1S/C8H16N4O4Si/c9-11-10-5-7-4-8(13)12(6-7)2-1-3-17(14,15)16/h7,14-16H,1-6H2. The molecule has 1 unspecified atom stereocenters. The fraction of sp³-hybridized carbons (Fsp3) is 0.875. The van der Waals surface area contributed by atoms with Crippen molar-refractivity contribution in [2.75, 3.05) is 19.6 Å². The van der Waals surface area contributed by atoms with Crippen LogP contribution in [0.4, 0.5) is 0 Å². The molecule has 0 saturated carbocycles. The molecule has 96 valence electrons. The predicted octanol–water partition coefficient (Wildman–Crippen LogP) is -0.549. The summed E-state index contributed by atoms with van der Waals surface area (Å²) in [5.41, 5.74) is 8.17. The first-order valence-electron chi connectivity index (χ1n) is 5.38. The van der Waals surface area contributed by atoms with Crippen LogP contribution in [0.25, 0.3) is 10.4 Å². The van der Waals surface area contributed by atoms with E-state index in [1.807, 2.05) is 0 Å². The number of carbonyl (C=O) groups excluding carboxylic acids is 1. The molecule has 17 heavy (non-hydrogen) atoms. The number of azide groups is 1. The quantitative estimate of drug-likeness (QED) is 0.256. The van der Waals surface area contributed by atoms with Gasteiger partial charge in [-0.25, -0.2) is 0 Å². The topological polar surface area (TPSA) is 130 Å². The van der Waals surface area contributed by atoms with Gasteiger partial charge in [0.2, 0.25) is 5.91 Å². The highest BCUT2D eigenvalue weighted by atomic mass is 28.4. The Bertz CT molecular complexity index is 326. The van der Waals surface area contributed by atoms with Gasteiger partial charge in [0.25, 0.3) is 0 Å². The van der Waals surface area contributed by atoms with Crippen LogP contribution in [-0.2, 0) is 4.79 Å². The van der Waals surface area contributed by atoms with Crippen LogP contribution in [0.2, 0.25) is 6.04 Å². The Hall–Kier alpha value is -1.12. The molecule has 0 aliphatic carbocycles. The normalized spacial score (nSPS) is 20.5. The molecule has 0 radical (unpaired) electrons. The Balaban J connectivity index is 2.30. The van der Waals surface area contributed by atoms with Crippen molar-refractivity contribution in [2.45, 2.75) is 18.9 Å². The number of likely N-dealkylation sites (tertiary alicyclic amines) is 1. The number of nitrogens with zero attached hydrogens (tertiary/aromatic N) is 4. The van der Waals surface area contributed by atoms with E-state index in [1.54, 1.807) is 4.90 Å². The Kier molecular flexibility index (Phi) is 4.91. The first-order valence-corrected chi connectivity index (χ1v) is 7.43. The van der Waals surface area contributed by atoms with Crippen LogP contribution in [0, 0.1) is 5.92 Å². The van der Waals surface area contributed by atoms with Crippen LogP contribution in [-0.4, -0.2) is 53.6 Å². The molecule has 1 rings (SSSR count). The van der Waals surface area contributed by atoms with Crippen LogP contribution in [0.5, 0.6) is 0 Å². The van der Waals surface area contributed by atoms with Crippen molar-refractivity contribution in [3.05, 3.63) is 10.4 Å². The number of hydrogen-bond acceptors (Lipinski definition) is 5. The summed E-state index contributed by atoms with van der Waals surface area (Å²) >= 11 is 0. The summed E-state index contributed by atoms with van der Waals surface area (Å²) in [5.74, 6) is 0.0157. The highest BCUT2D eigenvalue weighted by Crippen LogP contribution is 2.19. The molecule has 1 aliphatic rings. The summed E-state index contributed by atoms with van der Waals surface area (Å²) in [5, 5.41) is 3.43. The van der Waals surface area contributed by atoms with Gasteiger partial charge in [0.15, 0.2) is 0 Å². The third-order valence-corrected chi connectivity index (χ3v) is 3.66. The van der Waals surface area contributed by atoms with Crippen molar-refractivity contribution >= 4 is 14.7 Å². The minimum absolute atomic E-state index is 0.0239. The fourth-order valence-electron chi connectivity index (χ4n) is 1.85. The molecule has 0 aromatic rings. The van der Waals surface area contributed by atoms with Gasteiger partial charge in [-0.3, -0.25) is 4.79 Å². The van der Waals surface area contributed by atoms with E-state index >= 15 is 0 Å². The van der Waals surface area contributed by atoms with Crippen LogP contribution in [0.15, 0.2) is 5.11 Å². The second-order valence-corrected chi connectivity index (χ2v) is 6.25. The molecule has 0 bridgehead atoms. The zero-order chi connectivity index (χ0) is 12.9. The summed E-state index contributed by atoms with van der Waals surface area (Å²) < 4.78 is 0. The zero-order valence-corrected chi connectivity index (χ0v) is 10.4. The molecule has 9 heteroatoms. The van der Waals surface area contributed by atoms with Crippen molar-refractivity contribution in [1.29, 1.82) is 0 Å². The van der Waals surface area contributed by atoms with E-state index in [0.717, 1.165) is 0 Å². The summed E-state index contributed by atoms with van der Waals surface area (Å²) in [4.78, 5) is 42.2. The Morgan fingerprint density at radius 2 is 2.24 bits per heavy atom. The Morgan fingerprint density at radius 3 is 2.82 bits per heavy atom. The van der Waals surface area contributed by atoms with Crippen LogP contribution in [0.1, 0.15) is 12.8 Å². The van der Waals surface area contributed by atoms with Crippen molar-refractivity contribution in [2.24, 2.45) is 11.0 Å². The first kappa shape index (κ1) is 13.9. The third kappa shape index (κ3) is 5.15. The highest BCUT2D eigenvalue weighted by Gasteiger charge is 2.30. The zero-order valence-electron chi connectivity index (χ0n) is 9.36. The SMILES string of the molecule is [N-]=[N+]=NCC1CC(=O)N(CCC[Si](O)(O)O)C1. The average Bonchev–Trinajstić information content (AvgIpc) is 2.55. The molecule has 1 heterocycles. The van der Waals surface area contributed by atoms with Crippen LogP contribution in [0.3, 0.4) is 0 Å². The minimum Gasteiger partial charge on any atom is -0.390 e. The largest absolute Gasteiger partial charge is 0.492 e. The number of carbonyl (C=O) groups is 1. The molecular formula is C8H16N4O4Si. The average molecular weight is 260 g/mol. The fourth-order valence-corrected chi connectivity index (χ4v) is 2.48. The molecule has 1 fully saturated rings. The molecule has 0 spiro atoms. The number of rotatable bonds is 6. The molecule has 0 aromatic carbocycles. The van der Waals surface area contributed by atoms with Crippen molar-refractivity contribution < 1.29 is 19.2 Å². The van der Waals surface area contributed by atoms with Crippen molar-refractivity contribution in [1.82, 2.24) is 4.90 Å². The second-order valence-electron chi connectivity index (χ2n) is 4.20. The third-order valence-electron chi connectivity index (χ3n) is 2.64. The van der Waals surface area contributed by atoms with Gasteiger partial charge in [-0.2, -0.15) is 0 Å².